The van der Waals surface area contributed by atoms with E-state index in [0.29, 0.717) is 21.5 Å². The van der Waals surface area contributed by atoms with Gasteiger partial charge in [0.2, 0.25) is 0 Å². The lowest BCUT2D eigenvalue weighted by Crippen LogP contribution is -2.69. The van der Waals surface area contributed by atoms with E-state index in [9.17, 15) is 4.79 Å². The molecular weight excluding hydrogens is 307 g/mol. The first-order valence-electron chi connectivity index (χ1n) is 7.40. The van der Waals surface area contributed by atoms with Gasteiger partial charge in [-0.1, -0.05) is 23.2 Å². The topological polar surface area (TPSA) is 32.3 Å². The first kappa shape index (κ1) is 15.1. The van der Waals surface area contributed by atoms with Crippen LogP contribution in [0.25, 0.3) is 0 Å². The van der Waals surface area contributed by atoms with Gasteiger partial charge in [-0.2, -0.15) is 0 Å². The number of benzene rings is 1. The Hall–Kier alpha value is -0.770. The van der Waals surface area contributed by atoms with E-state index in [1.54, 1.807) is 18.2 Å². The second-order valence-electron chi connectivity index (χ2n) is 6.56. The molecule has 5 heteroatoms. The number of amides is 1. The first-order chi connectivity index (χ1) is 9.89. The molecule has 3 aliphatic rings. The van der Waals surface area contributed by atoms with Gasteiger partial charge in [-0.25, -0.2) is 0 Å². The number of halogens is 2. The van der Waals surface area contributed by atoms with Crippen LogP contribution in [0.3, 0.4) is 0 Å². The lowest BCUT2D eigenvalue weighted by atomic mass is 9.72. The number of rotatable bonds is 2. The third-order valence-corrected chi connectivity index (χ3v) is 5.79. The van der Waals surface area contributed by atoms with Crippen molar-refractivity contribution in [3.63, 3.8) is 0 Å². The van der Waals surface area contributed by atoms with Gasteiger partial charge in [0, 0.05) is 17.1 Å². The minimum atomic E-state index is -0.0691. The second-order valence-corrected chi connectivity index (χ2v) is 7.37. The highest BCUT2D eigenvalue weighted by Gasteiger charge is 2.48. The molecule has 0 saturated carbocycles. The zero-order chi connectivity index (χ0) is 15.2. The molecule has 1 atom stereocenters. The zero-order valence-corrected chi connectivity index (χ0v) is 13.8. The predicted octanol–water partition coefficient (Wildman–Crippen LogP) is 3.60. The van der Waals surface area contributed by atoms with E-state index in [0.717, 1.165) is 25.9 Å². The number of piperidine rings is 3. The van der Waals surface area contributed by atoms with Crippen LogP contribution in [0.5, 0.6) is 0 Å². The van der Waals surface area contributed by atoms with Crippen molar-refractivity contribution in [2.75, 3.05) is 13.1 Å². The molecule has 0 aromatic heterocycles. The van der Waals surface area contributed by atoms with Crippen molar-refractivity contribution in [2.45, 2.75) is 38.3 Å². The average molecular weight is 327 g/mol. The maximum absolute atomic E-state index is 12.5. The smallest absolute Gasteiger partial charge is 0.251 e. The standard InChI is InChI=1S/C16H20Cl2N2O/c1-16(2)14(10-5-7-20(16)8-6-10)19-15(21)11-3-4-12(17)13(18)9-11/h3-4,9-10,14H,5-8H2,1-2H3,(H,19,21)/t14-/m1/s1. The first-order valence-corrected chi connectivity index (χ1v) is 8.16. The molecule has 3 nitrogen and oxygen atoms in total. The van der Waals surface area contributed by atoms with Crippen LogP contribution in [0.4, 0.5) is 0 Å². The maximum atomic E-state index is 12.5. The molecule has 3 aliphatic heterocycles. The van der Waals surface area contributed by atoms with Gasteiger partial charge in [-0.3, -0.25) is 9.69 Å². The van der Waals surface area contributed by atoms with E-state index in [1.807, 2.05) is 0 Å². The summed E-state index contributed by atoms with van der Waals surface area (Å²) in [4.78, 5) is 15.0. The Bertz CT molecular complexity index is 565. The van der Waals surface area contributed by atoms with Crippen LogP contribution < -0.4 is 5.32 Å². The minimum Gasteiger partial charge on any atom is -0.347 e. The van der Waals surface area contributed by atoms with Crippen molar-refractivity contribution in [2.24, 2.45) is 5.92 Å². The molecule has 1 N–H and O–H groups in total. The molecule has 21 heavy (non-hydrogen) atoms. The molecule has 0 radical (unpaired) electrons. The van der Waals surface area contributed by atoms with Gasteiger partial charge in [0.1, 0.15) is 0 Å². The minimum absolute atomic E-state index is 0.00699. The van der Waals surface area contributed by atoms with Gasteiger partial charge in [0.05, 0.1) is 10.0 Å². The Kier molecular flexibility index (Phi) is 3.93. The predicted molar refractivity (Wildman–Crippen MR) is 86.1 cm³/mol. The molecule has 4 rings (SSSR count). The van der Waals surface area contributed by atoms with Gasteiger partial charge in [-0.05, 0) is 63.9 Å². The quantitative estimate of drug-likeness (QED) is 0.900. The second kappa shape index (κ2) is 5.45. The Labute approximate surface area is 135 Å². The van der Waals surface area contributed by atoms with Crippen LogP contribution in [0.1, 0.15) is 37.0 Å². The average Bonchev–Trinajstić information content (AvgIpc) is 2.46. The fraction of sp³-hybridized carbons (Fsp3) is 0.562. The molecule has 114 valence electrons. The third-order valence-electron chi connectivity index (χ3n) is 5.06. The molecule has 0 unspecified atom stereocenters. The van der Waals surface area contributed by atoms with Crippen molar-refractivity contribution >= 4 is 29.1 Å². The molecule has 1 amide bonds. The highest BCUT2D eigenvalue weighted by atomic mass is 35.5. The molecular formula is C16H20Cl2N2O. The summed E-state index contributed by atoms with van der Waals surface area (Å²) in [6.07, 6.45) is 2.32. The number of fused-ring (bicyclic) bond motifs is 3. The van der Waals surface area contributed by atoms with Crippen LogP contribution in [-0.2, 0) is 0 Å². The van der Waals surface area contributed by atoms with Crippen molar-refractivity contribution in [3.05, 3.63) is 33.8 Å². The SMILES string of the molecule is CC1(C)[C@H](NC(=O)c2ccc(Cl)c(Cl)c2)C2CCN1CC2. The molecule has 1 aromatic carbocycles. The monoisotopic (exact) mass is 326 g/mol. The van der Waals surface area contributed by atoms with Crippen molar-refractivity contribution < 1.29 is 4.79 Å². The maximum Gasteiger partial charge on any atom is 0.251 e. The Morgan fingerprint density at radius 2 is 1.90 bits per heavy atom. The number of carbonyl (C=O) groups excluding carboxylic acids is 1. The molecule has 2 bridgehead atoms. The highest BCUT2D eigenvalue weighted by molar-refractivity contribution is 6.42. The van der Waals surface area contributed by atoms with Crippen LogP contribution in [0.15, 0.2) is 18.2 Å². The Morgan fingerprint density at radius 1 is 1.24 bits per heavy atom. The summed E-state index contributed by atoms with van der Waals surface area (Å²) in [5.41, 5.74) is 0.573. The number of hydrogen-bond acceptors (Lipinski definition) is 2. The summed E-state index contributed by atoms with van der Waals surface area (Å²) in [5.74, 6) is 0.497. The van der Waals surface area contributed by atoms with Crippen LogP contribution >= 0.6 is 23.2 Å². The largest absolute Gasteiger partial charge is 0.347 e. The lowest BCUT2D eigenvalue weighted by Gasteiger charge is -2.56. The molecule has 3 heterocycles. The highest BCUT2D eigenvalue weighted by Crippen LogP contribution is 2.39. The van der Waals surface area contributed by atoms with E-state index < -0.39 is 0 Å². The number of carbonyl (C=O) groups is 1. The summed E-state index contributed by atoms with van der Waals surface area (Å²) in [6, 6.07) is 5.20. The van der Waals surface area contributed by atoms with E-state index in [4.69, 9.17) is 23.2 Å². The summed E-state index contributed by atoms with van der Waals surface area (Å²) in [5, 5.41) is 4.10. The summed E-state index contributed by atoms with van der Waals surface area (Å²) >= 11 is 11.9. The van der Waals surface area contributed by atoms with Gasteiger partial charge in [0.25, 0.3) is 5.91 Å². The van der Waals surface area contributed by atoms with E-state index in [1.165, 1.54) is 0 Å². The fourth-order valence-corrected chi connectivity index (χ4v) is 4.04. The molecule has 1 aromatic rings. The molecule has 0 spiro atoms. The fourth-order valence-electron chi connectivity index (χ4n) is 3.74. The van der Waals surface area contributed by atoms with Crippen molar-refractivity contribution in [1.82, 2.24) is 10.2 Å². The molecule has 0 aliphatic carbocycles. The van der Waals surface area contributed by atoms with Crippen LogP contribution in [0.2, 0.25) is 10.0 Å². The summed E-state index contributed by atoms with van der Waals surface area (Å²) in [7, 11) is 0. The molecule has 3 saturated heterocycles. The van der Waals surface area contributed by atoms with E-state index >= 15 is 0 Å². The lowest BCUT2D eigenvalue weighted by molar-refractivity contribution is -0.0378. The van der Waals surface area contributed by atoms with Crippen LogP contribution in [-0.4, -0.2) is 35.5 Å². The van der Waals surface area contributed by atoms with Gasteiger partial charge in [0.15, 0.2) is 0 Å². The van der Waals surface area contributed by atoms with Crippen molar-refractivity contribution in [3.8, 4) is 0 Å². The van der Waals surface area contributed by atoms with Gasteiger partial charge in [-0.15, -0.1) is 0 Å². The summed E-state index contributed by atoms with van der Waals surface area (Å²) < 4.78 is 0. The molecule has 3 fully saturated rings. The van der Waals surface area contributed by atoms with E-state index in [-0.39, 0.29) is 17.5 Å². The number of nitrogens with zero attached hydrogens (tertiary/aromatic N) is 1. The summed E-state index contributed by atoms with van der Waals surface area (Å²) in [6.45, 7) is 6.71. The van der Waals surface area contributed by atoms with Crippen molar-refractivity contribution in [1.29, 1.82) is 0 Å². The van der Waals surface area contributed by atoms with Gasteiger partial charge >= 0.3 is 0 Å². The normalized spacial score (nSPS) is 30.2. The Morgan fingerprint density at radius 3 is 2.48 bits per heavy atom. The Balaban J connectivity index is 1.79. The van der Waals surface area contributed by atoms with Gasteiger partial charge < -0.3 is 5.32 Å². The number of nitrogens with one attached hydrogen (secondary N) is 1. The number of hydrogen-bond donors (Lipinski definition) is 1. The van der Waals surface area contributed by atoms with Crippen LogP contribution in [0, 0.1) is 5.92 Å². The third kappa shape index (κ3) is 2.67. The van der Waals surface area contributed by atoms with E-state index in [2.05, 4.69) is 24.1 Å². The zero-order valence-electron chi connectivity index (χ0n) is 12.3.